The van der Waals surface area contributed by atoms with Crippen LogP contribution in [-0.2, 0) is 0 Å². The Bertz CT molecular complexity index is 923. The zero-order valence-corrected chi connectivity index (χ0v) is 15.4. The van der Waals surface area contributed by atoms with E-state index >= 15 is 0 Å². The van der Waals surface area contributed by atoms with Gasteiger partial charge in [0.05, 0.1) is 26.4 Å². The number of hydrogen-bond donors (Lipinski definition) is 0. The van der Waals surface area contributed by atoms with Gasteiger partial charge in [-0.05, 0) is 36.4 Å². The molecule has 3 rings (SSSR count). The molecular formula is C17H8Cl4N2O2. The molecule has 0 aliphatic carbocycles. The first-order valence-corrected chi connectivity index (χ1v) is 8.43. The quantitative estimate of drug-likeness (QED) is 0.345. The van der Waals surface area contributed by atoms with Gasteiger partial charge >= 0.3 is 0 Å². The van der Waals surface area contributed by atoms with Crippen LogP contribution in [0.5, 0.6) is 0 Å². The molecular weight excluding hydrogens is 406 g/mol. The molecule has 0 spiro atoms. The summed E-state index contributed by atoms with van der Waals surface area (Å²) in [5.74, 6) is 0. The molecule has 1 heterocycles. The van der Waals surface area contributed by atoms with Gasteiger partial charge in [-0.25, -0.2) is 4.98 Å². The molecule has 0 saturated heterocycles. The zero-order chi connectivity index (χ0) is 18.1. The molecule has 126 valence electrons. The number of benzene rings is 2. The van der Waals surface area contributed by atoms with E-state index in [-0.39, 0.29) is 5.69 Å². The molecule has 0 amide bonds. The van der Waals surface area contributed by atoms with Crippen LogP contribution in [0.15, 0.2) is 48.5 Å². The van der Waals surface area contributed by atoms with Gasteiger partial charge in [0.1, 0.15) is 0 Å². The minimum absolute atomic E-state index is 0.146. The van der Waals surface area contributed by atoms with E-state index in [2.05, 4.69) is 4.98 Å². The summed E-state index contributed by atoms with van der Waals surface area (Å²) in [6.45, 7) is 0. The van der Waals surface area contributed by atoms with Crippen molar-refractivity contribution in [1.29, 1.82) is 0 Å². The van der Waals surface area contributed by atoms with E-state index in [1.165, 1.54) is 12.1 Å². The minimum Gasteiger partial charge on any atom is -0.258 e. The first kappa shape index (κ1) is 18.0. The summed E-state index contributed by atoms with van der Waals surface area (Å²) in [7, 11) is 0. The Morgan fingerprint density at radius 3 is 1.60 bits per heavy atom. The van der Waals surface area contributed by atoms with E-state index < -0.39 is 4.92 Å². The van der Waals surface area contributed by atoms with Crippen molar-refractivity contribution in [2.45, 2.75) is 0 Å². The summed E-state index contributed by atoms with van der Waals surface area (Å²) in [6, 6.07) is 12.3. The van der Waals surface area contributed by atoms with E-state index in [1.807, 2.05) is 0 Å². The van der Waals surface area contributed by atoms with Crippen LogP contribution in [0.25, 0.3) is 22.5 Å². The van der Waals surface area contributed by atoms with E-state index in [0.29, 0.717) is 42.6 Å². The number of nitro groups is 1. The molecule has 0 aliphatic rings. The predicted octanol–water partition coefficient (Wildman–Crippen LogP) is 6.94. The van der Waals surface area contributed by atoms with Crippen LogP contribution in [0.1, 0.15) is 0 Å². The predicted molar refractivity (Wildman–Crippen MR) is 102 cm³/mol. The lowest BCUT2D eigenvalue weighted by atomic mass is 10.1. The van der Waals surface area contributed by atoms with Crippen molar-refractivity contribution in [3.63, 3.8) is 0 Å². The van der Waals surface area contributed by atoms with Gasteiger partial charge in [0.15, 0.2) is 0 Å². The molecule has 4 nitrogen and oxygen atoms in total. The largest absolute Gasteiger partial charge is 0.273 e. The molecule has 0 aliphatic heterocycles. The number of rotatable bonds is 3. The molecule has 0 radical (unpaired) electrons. The van der Waals surface area contributed by atoms with Crippen molar-refractivity contribution < 1.29 is 4.92 Å². The third-order valence-electron chi connectivity index (χ3n) is 3.43. The molecule has 0 bridgehead atoms. The zero-order valence-electron chi connectivity index (χ0n) is 12.3. The summed E-state index contributed by atoms with van der Waals surface area (Å²) in [5.41, 5.74) is 1.45. The molecule has 0 atom stereocenters. The second kappa shape index (κ2) is 7.18. The molecule has 0 unspecified atom stereocenters. The number of hydrogen-bond acceptors (Lipinski definition) is 3. The third-order valence-corrected chi connectivity index (χ3v) is 4.56. The Labute approximate surface area is 163 Å². The molecule has 2 aromatic carbocycles. The highest BCUT2D eigenvalue weighted by Crippen LogP contribution is 2.36. The fourth-order valence-electron chi connectivity index (χ4n) is 2.29. The first-order chi connectivity index (χ1) is 11.8. The molecule has 0 fully saturated rings. The lowest BCUT2D eigenvalue weighted by Gasteiger charge is -2.09. The van der Waals surface area contributed by atoms with Crippen LogP contribution >= 0.6 is 46.4 Å². The molecule has 3 aromatic rings. The highest BCUT2D eigenvalue weighted by Gasteiger charge is 2.17. The molecule has 25 heavy (non-hydrogen) atoms. The number of aromatic nitrogens is 1. The summed E-state index contributed by atoms with van der Waals surface area (Å²) in [4.78, 5) is 15.3. The average Bonchev–Trinajstić information content (AvgIpc) is 2.58. The molecule has 0 N–H and O–H groups in total. The van der Waals surface area contributed by atoms with Gasteiger partial charge in [-0.1, -0.05) is 46.4 Å². The van der Waals surface area contributed by atoms with Crippen LogP contribution in [-0.4, -0.2) is 9.91 Å². The number of pyridine rings is 1. The van der Waals surface area contributed by atoms with Gasteiger partial charge in [0.2, 0.25) is 0 Å². The molecule has 8 heteroatoms. The Kier molecular flexibility index (Phi) is 5.16. The second-order valence-corrected chi connectivity index (χ2v) is 6.79. The Balaban J connectivity index is 2.27. The van der Waals surface area contributed by atoms with Crippen LogP contribution in [0.3, 0.4) is 0 Å². The smallest absolute Gasteiger partial charge is 0.258 e. The Hall–Kier alpha value is -1.85. The SMILES string of the molecule is O=[N+]([O-])c1cc(-c2cc(Cl)ccc2Cl)nc(-c2cc(Cl)ccc2Cl)c1. The number of nitrogens with zero attached hydrogens (tertiary/aromatic N) is 2. The summed E-state index contributed by atoms with van der Waals surface area (Å²) in [6.07, 6.45) is 0. The van der Waals surface area contributed by atoms with Gasteiger partial charge in [-0.15, -0.1) is 0 Å². The van der Waals surface area contributed by atoms with Crippen molar-refractivity contribution in [2.24, 2.45) is 0 Å². The van der Waals surface area contributed by atoms with Crippen LogP contribution in [0, 0.1) is 10.1 Å². The third kappa shape index (κ3) is 3.88. The van der Waals surface area contributed by atoms with E-state index in [0.717, 1.165) is 0 Å². The van der Waals surface area contributed by atoms with E-state index in [1.54, 1.807) is 36.4 Å². The summed E-state index contributed by atoms with van der Waals surface area (Å²) in [5, 5.41) is 13.0. The lowest BCUT2D eigenvalue weighted by molar-refractivity contribution is -0.384. The average molecular weight is 414 g/mol. The van der Waals surface area contributed by atoms with Gasteiger partial charge in [-0.3, -0.25) is 10.1 Å². The standard InChI is InChI=1S/C17H8Cl4N2O2/c18-9-1-3-14(20)12(5-9)16-7-11(23(24)25)8-17(22-16)13-6-10(19)2-4-15(13)21/h1-8H. The second-order valence-electron chi connectivity index (χ2n) is 5.10. The topological polar surface area (TPSA) is 56.0 Å². The van der Waals surface area contributed by atoms with Gasteiger partial charge in [0.25, 0.3) is 5.69 Å². The summed E-state index contributed by atoms with van der Waals surface area (Å²) >= 11 is 24.4. The fraction of sp³-hybridized carbons (Fsp3) is 0. The molecule has 1 aromatic heterocycles. The maximum absolute atomic E-state index is 11.3. The van der Waals surface area contributed by atoms with Crippen molar-refractivity contribution in [3.8, 4) is 22.5 Å². The van der Waals surface area contributed by atoms with Crippen molar-refractivity contribution in [3.05, 3.63) is 78.7 Å². The van der Waals surface area contributed by atoms with Crippen LogP contribution < -0.4 is 0 Å². The van der Waals surface area contributed by atoms with Crippen molar-refractivity contribution >= 4 is 52.1 Å². The normalized spacial score (nSPS) is 10.7. The number of halogens is 4. The fourth-order valence-corrected chi connectivity index (χ4v) is 3.06. The molecule has 0 saturated carbocycles. The lowest BCUT2D eigenvalue weighted by Crippen LogP contribution is -1.95. The Morgan fingerprint density at radius 2 is 1.20 bits per heavy atom. The van der Waals surface area contributed by atoms with Crippen molar-refractivity contribution in [1.82, 2.24) is 4.98 Å². The monoisotopic (exact) mass is 412 g/mol. The first-order valence-electron chi connectivity index (χ1n) is 6.92. The van der Waals surface area contributed by atoms with Crippen LogP contribution in [0.4, 0.5) is 5.69 Å². The highest BCUT2D eigenvalue weighted by molar-refractivity contribution is 6.36. The van der Waals surface area contributed by atoms with Gasteiger partial charge in [0, 0.05) is 33.3 Å². The van der Waals surface area contributed by atoms with Crippen molar-refractivity contribution in [2.75, 3.05) is 0 Å². The van der Waals surface area contributed by atoms with E-state index in [9.17, 15) is 10.1 Å². The summed E-state index contributed by atoms with van der Waals surface area (Å²) < 4.78 is 0. The highest BCUT2D eigenvalue weighted by atomic mass is 35.5. The van der Waals surface area contributed by atoms with Gasteiger partial charge in [-0.2, -0.15) is 0 Å². The Morgan fingerprint density at radius 1 is 0.760 bits per heavy atom. The van der Waals surface area contributed by atoms with Gasteiger partial charge < -0.3 is 0 Å². The van der Waals surface area contributed by atoms with Crippen LogP contribution in [0.2, 0.25) is 20.1 Å². The maximum Gasteiger partial charge on any atom is 0.273 e. The minimum atomic E-state index is -0.508. The van der Waals surface area contributed by atoms with E-state index in [4.69, 9.17) is 46.4 Å². The maximum atomic E-state index is 11.3.